The van der Waals surface area contributed by atoms with Gasteiger partial charge in [0.2, 0.25) is 0 Å². The lowest BCUT2D eigenvalue weighted by Crippen LogP contribution is -2.15. The van der Waals surface area contributed by atoms with Crippen LogP contribution >= 0.6 is 0 Å². The molecule has 0 bridgehead atoms. The molecule has 0 fully saturated rings. The van der Waals surface area contributed by atoms with E-state index in [2.05, 4.69) is 26.1 Å². The fraction of sp³-hybridized carbons (Fsp3) is 0.316. The van der Waals surface area contributed by atoms with Gasteiger partial charge >= 0.3 is 0 Å². The second kappa shape index (κ2) is 5.84. The van der Waals surface area contributed by atoms with Crippen molar-refractivity contribution < 1.29 is 9.90 Å². The van der Waals surface area contributed by atoms with Crippen LogP contribution in [0, 0.1) is 13.8 Å². The van der Waals surface area contributed by atoms with E-state index >= 15 is 0 Å². The predicted octanol–water partition coefficient (Wildman–Crippen LogP) is 4.56. The van der Waals surface area contributed by atoms with Crippen molar-refractivity contribution in [3.8, 4) is 5.75 Å². The molecule has 2 aromatic rings. The van der Waals surface area contributed by atoms with Crippen molar-refractivity contribution in [1.29, 1.82) is 0 Å². The third kappa shape index (κ3) is 3.48. The summed E-state index contributed by atoms with van der Waals surface area (Å²) < 4.78 is 0. The van der Waals surface area contributed by atoms with Crippen molar-refractivity contribution >= 4 is 11.6 Å². The van der Waals surface area contributed by atoms with Gasteiger partial charge in [-0.05, 0) is 48.6 Å². The molecule has 2 rings (SSSR count). The van der Waals surface area contributed by atoms with E-state index in [4.69, 9.17) is 0 Å². The van der Waals surface area contributed by atoms with E-state index in [1.807, 2.05) is 44.2 Å². The second-order valence-electron chi connectivity index (χ2n) is 6.75. The van der Waals surface area contributed by atoms with Crippen LogP contribution in [-0.4, -0.2) is 11.0 Å². The normalized spacial score (nSPS) is 11.3. The number of carbonyl (C=O) groups excluding carboxylic acids is 1. The predicted molar refractivity (Wildman–Crippen MR) is 90.7 cm³/mol. The molecule has 0 atom stereocenters. The Bertz CT molecular complexity index is 712. The quantitative estimate of drug-likeness (QED) is 0.798. The molecule has 0 aliphatic carbocycles. The SMILES string of the molecule is Cc1ccc(C(=O)Nc2cc(C(C)(C)C)ccc2O)c(C)c1. The van der Waals surface area contributed by atoms with Gasteiger partial charge in [0.05, 0.1) is 5.69 Å². The summed E-state index contributed by atoms with van der Waals surface area (Å²) in [6.45, 7) is 10.2. The minimum atomic E-state index is -0.209. The van der Waals surface area contributed by atoms with Gasteiger partial charge in [-0.3, -0.25) is 4.79 Å². The Morgan fingerprint density at radius 3 is 2.32 bits per heavy atom. The Labute approximate surface area is 132 Å². The van der Waals surface area contributed by atoms with Crippen LogP contribution in [0.5, 0.6) is 5.75 Å². The van der Waals surface area contributed by atoms with E-state index in [1.165, 1.54) is 0 Å². The molecule has 2 aromatic carbocycles. The Hall–Kier alpha value is -2.29. The average Bonchev–Trinajstić information content (AvgIpc) is 2.39. The number of aryl methyl sites for hydroxylation is 2. The van der Waals surface area contributed by atoms with E-state index in [9.17, 15) is 9.90 Å². The van der Waals surface area contributed by atoms with Crippen molar-refractivity contribution in [3.63, 3.8) is 0 Å². The third-order valence-corrected chi connectivity index (χ3v) is 3.74. The van der Waals surface area contributed by atoms with Gasteiger partial charge in [-0.2, -0.15) is 0 Å². The van der Waals surface area contributed by atoms with Gasteiger partial charge in [-0.15, -0.1) is 0 Å². The molecule has 0 radical (unpaired) electrons. The van der Waals surface area contributed by atoms with Gasteiger partial charge in [0, 0.05) is 5.56 Å². The standard InChI is InChI=1S/C19H23NO2/c1-12-6-8-15(13(2)10-12)18(22)20-16-11-14(19(3,4)5)7-9-17(16)21/h6-11,21H,1-5H3,(H,20,22). The molecule has 116 valence electrons. The fourth-order valence-corrected chi connectivity index (χ4v) is 2.36. The van der Waals surface area contributed by atoms with E-state index in [1.54, 1.807) is 6.07 Å². The maximum Gasteiger partial charge on any atom is 0.256 e. The zero-order valence-electron chi connectivity index (χ0n) is 13.8. The van der Waals surface area contributed by atoms with Crippen LogP contribution in [0.4, 0.5) is 5.69 Å². The summed E-state index contributed by atoms with van der Waals surface area (Å²) in [5, 5.41) is 12.8. The summed E-state index contributed by atoms with van der Waals surface area (Å²) in [6.07, 6.45) is 0. The molecule has 22 heavy (non-hydrogen) atoms. The summed E-state index contributed by atoms with van der Waals surface area (Å²) in [7, 11) is 0. The zero-order chi connectivity index (χ0) is 16.5. The highest BCUT2D eigenvalue weighted by Crippen LogP contribution is 2.31. The van der Waals surface area contributed by atoms with Gasteiger partial charge in [-0.1, -0.05) is 44.5 Å². The molecule has 1 amide bonds. The second-order valence-corrected chi connectivity index (χ2v) is 6.75. The Kier molecular flexibility index (Phi) is 4.27. The molecule has 0 saturated heterocycles. The van der Waals surface area contributed by atoms with Gasteiger partial charge in [0.25, 0.3) is 5.91 Å². The van der Waals surface area contributed by atoms with Crippen molar-refractivity contribution in [3.05, 3.63) is 58.7 Å². The van der Waals surface area contributed by atoms with E-state index in [0.717, 1.165) is 16.7 Å². The lowest BCUT2D eigenvalue weighted by Gasteiger charge is -2.20. The monoisotopic (exact) mass is 297 g/mol. The fourth-order valence-electron chi connectivity index (χ4n) is 2.36. The molecule has 0 aliphatic rings. The molecule has 0 aliphatic heterocycles. The largest absolute Gasteiger partial charge is 0.506 e. The van der Waals surface area contributed by atoms with Gasteiger partial charge < -0.3 is 10.4 Å². The first-order chi connectivity index (χ1) is 10.2. The highest BCUT2D eigenvalue weighted by Gasteiger charge is 2.17. The average molecular weight is 297 g/mol. The van der Waals surface area contributed by atoms with Crippen LogP contribution in [0.3, 0.4) is 0 Å². The van der Waals surface area contributed by atoms with Gasteiger partial charge in [0.15, 0.2) is 0 Å². The van der Waals surface area contributed by atoms with Crippen molar-refractivity contribution in [1.82, 2.24) is 0 Å². The number of hydrogen-bond donors (Lipinski definition) is 2. The number of nitrogens with one attached hydrogen (secondary N) is 1. The summed E-state index contributed by atoms with van der Waals surface area (Å²) in [5.41, 5.74) is 4.10. The van der Waals surface area contributed by atoms with Crippen LogP contribution < -0.4 is 5.32 Å². The smallest absolute Gasteiger partial charge is 0.256 e. The third-order valence-electron chi connectivity index (χ3n) is 3.74. The molecule has 3 nitrogen and oxygen atoms in total. The number of amides is 1. The molecule has 0 spiro atoms. The molecular formula is C19H23NO2. The van der Waals surface area contributed by atoms with E-state index in [0.29, 0.717) is 11.3 Å². The number of carbonyl (C=O) groups is 1. The maximum absolute atomic E-state index is 12.4. The highest BCUT2D eigenvalue weighted by atomic mass is 16.3. The van der Waals surface area contributed by atoms with Crippen LogP contribution in [0.25, 0.3) is 0 Å². The van der Waals surface area contributed by atoms with Crippen molar-refractivity contribution in [2.45, 2.75) is 40.0 Å². The zero-order valence-corrected chi connectivity index (χ0v) is 13.8. The lowest BCUT2D eigenvalue weighted by molar-refractivity contribution is 0.102. The molecule has 0 aromatic heterocycles. The molecule has 2 N–H and O–H groups in total. The number of phenolic OH excluding ortho intramolecular Hbond substituents is 1. The summed E-state index contributed by atoms with van der Waals surface area (Å²) in [5.74, 6) is -0.134. The van der Waals surface area contributed by atoms with Crippen LogP contribution in [0.1, 0.15) is 47.8 Å². The van der Waals surface area contributed by atoms with E-state index < -0.39 is 0 Å². The first-order valence-electron chi connectivity index (χ1n) is 7.40. The van der Waals surface area contributed by atoms with E-state index in [-0.39, 0.29) is 17.1 Å². The number of hydrogen-bond acceptors (Lipinski definition) is 2. The lowest BCUT2D eigenvalue weighted by atomic mass is 9.87. The number of benzene rings is 2. The van der Waals surface area contributed by atoms with Crippen LogP contribution in [0.15, 0.2) is 36.4 Å². The molecular weight excluding hydrogens is 274 g/mol. The van der Waals surface area contributed by atoms with Crippen molar-refractivity contribution in [2.24, 2.45) is 0 Å². The van der Waals surface area contributed by atoms with Gasteiger partial charge in [-0.25, -0.2) is 0 Å². The first-order valence-corrected chi connectivity index (χ1v) is 7.40. The summed E-state index contributed by atoms with van der Waals surface area (Å²) in [6, 6.07) is 11.0. The topological polar surface area (TPSA) is 49.3 Å². The molecule has 3 heteroatoms. The number of phenols is 1. The molecule has 0 heterocycles. The minimum Gasteiger partial charge on any atom is -0.506 e. The maximum atomic E-state index is 12.4. The molecule has 0 unspecified atom stereocenters. The highest BCUT2D eigenvalue weighted by molar-refractivity contribution is 6.06. The van der Waals surface area contributed by atoms with Crippen molar-refractivity contribution in [2.75, 3.05) is 5.32 Å². The Morgan fingerprint density at radius 2 is 1.73 bits per heavy atom. The number of rotatable bonds is 2. The number of anilines is 1. The number of aromatic hydroxyl groups is 1. The summed E-state index contributed by atoms with van der Waals surface area (Å²) in [4.78, 5) is 12.4. The summed E-state index contributed by atoms with van der Waals surface area (Å²) >= 11 is 0. The minimum absolute atomic E-state index is 0.0487. The molecule has 0 saturated carbocycles. The van der Waals surface area contributed by atoms with Crippen LogP contribution in [0.2, 0.25) is 0 Å². The Morgan fingerprint density at radius 1 is 1.05 bits per heavy atom. The Balaban J connectivity index is 2.32. The van der Waals surface area contributed by atoms with Gasteiger partial charge in [0.1, 0.15) is 5.75 Å². The van der Waals surface area contributed by atoms with Crippen LogP contribution in [-0.2, 0) is 5.41 Å². The first kappa shape index (κ1) is 16.1.